The summed E-state index contributed by atoms with van der Waals surface area (Å²) in [6.07, 6.45) is 0.790. The van der Waals surface area contributed by atoms with Gasteiger partial charge in [0.2, 0.25) is 0 Å². The lowest BCUT2D eigenvalue weighted by Gasteiger charge is -2.05. The van der Waals surface area contributed by atoms with E-state index in [4.69, 9.17) is 0 Å². The predicted molar refractivity (Wildman–Crippen MR) is 65.1 cm³/mol. The van der Waals surface area contributed by atoms with E-state index in [-0.39, 0.29) is 6.07 Å². The molecule has 0 bridgehead atoms. The lowest BCUT2D eigenvalue weighted by molar-refractivity contribution is 0.0542. The maximum atomic E-state index is 13.2. The van der Waals surface area contributed by atoms with E-state index < -0.39 is 58.1 Å². The molecule has 5 nitrogen and oxygen atoms in total. The largest absolute Gasteiger partial charge is 0.449 e. The third kappa shape index (κ3) is 5.01. The number of esters is 1. The van der Waals surface area contributed by atoms with Crippen LogP contribution in [0.4, 0.5) is 17.6 Å². The molecule has 0 spiro atoms. The lowest BCUT2D eigenvalue weighted by atomic mass is 10.2. The summed E-state index contributed by atoms with van der Waals surface area (Å²) in [6, 6.07) is -0.0518. The first-order valence-electron chi connectivity index (χ1n) is 5.43. The number of hydrogen-bond donors (Lipinski definition) is 0. The SMILES string of the molecule is CS(=O)(=O)OCC#CCOC(=O)c1c(F)c(F)cc(F)c1F. The van der Waals surface area contributed by atoms with Gasteiger partial charge in [0.25, 0.3) is 10.1 Å². The minimum Gasteiger partial charge on any atom is -0.449 e. The van der Waals surface area contributed by atoms with Gasteiger partial charge in [-0.3, -0.25) is 4.18 Å². The van der Waals surface area contributed by atoms with Gasteiger partial charge in [0.15, 0.2) is 29.9 Å². The first kappa shape index (κ1) is 17.9. The third-order valence-corrected chi connectivity index (χ3v) is 2.61. The Hall–Kier alpha value is -2.12. The Morgan fingerprint density at radius 1 is 1.09 bits per heavy atom. The zero-order valence-corrected chi connectivity index (χ0v) is 11.8. The van der Waals surface area contributed by atoms with Crippen molar-refractivity contribution in [2.24, 2.45) is 0 Å². The van der Waals surface area contributed by atoms with Gasteiger partial charge in [0.05, 0.1) is 6.26 Å². The van der Waals surface area contributed by atoms with Crippen LogP contribution in [0.25, 0.3) is 0 Å². The van der Waals surface area contributed by atoms with E-state index in [0.29, 0.717) is 0 Å². The Bertz CT molecular complexity index is 723. The summed E-state index contributed by atoms with van der Waals surface area (Å²) in [6.45, 7) is -1.21. The molecule has 1 aromatic rings. The minimum absolute atomic E-state index is 0.0518. The van der Waals surface area contributed by atoms with Crippen molar-refractivity contribution in [3.8, 4) is 11.8 Å². The number of halogens is 4. The van der Waals surface area contributed by atoms with Crippen LogP contribution in [0.3, 0.4) is 0 Å². The Labute approximate surface area is 123 Å². The zero-order valence-electron chi connectivity index (χ0n) is 11.0. The van der Waals surface area contributed by atoms with E-state index in [9.17, 15) is 30.8 Å². The van der Waals surface area contributed by atoms with E-state index in [2.05, 4.69) is 20.8 Å². The molecule has 120 valence electrons. The lowest BCUT2D eigenvalue weighted by Crippen LogP contribution is -2.13. The molecule has 0 unspecified atom stereocenters. The average molecular weight is 340 g/mol. The van der Waals surface area contributed by atoms with Gasteiger partial charge in [-0.05, 0) is 0 Å². The van der Waals surface area contributed by atoms with Crippen molar-refractivity contribution in [3.05, 3.63) is 34.9 Å². The van der Waals surface area contributed by atoms with Gasteiger partial charge < -0.3 is 4.74 Å². The molecular weight excluding hydrogens is 332 g/mol. The summed E-state index contributed by atoms with van der Waals surface area (Å²) in [5.41, 5.74) is -1.52. The zero-order chi connectivity index (χ0) is 16.9. The summed E-state index contributed by atoms with van der Waals surface area (Å²) >= 11 is 0. The van der Waals surface area contributed by atoms with Crippen molar-refractivity contribution in [3.63, 3.8) is 0 Å². The quantitative estimate of drug-likeness (QED) is 0.272. The normalized spacial score (nSPS) is 10.8. The molecule has 0 amide bonds. The molecule has 10 heteroatoms. The van der Waals surface area contributed by atoms with Crippen LogP contribution in [0.5, 0.6) is 0 Å². The molecule has 22 heavy (non-hydrogen) atoms. The molecular formula is C12H8F4O5S. The average Bonchev–Trinajstić information content (AvgIpc) is 2.39. The second kappa shape index (κ2) is 7.24. The summed E-state index contributed by atoms with van der Waals surface area (Å²) in [5.74, 6) is -4.70. The van der Waals surface area contributed by atoms with Gasteiger partial charge in [-0.25, -0.2) is 22.4 Å². The number of carbonyl (C=O) groups excluding carboxylic acids is 1. The minimum atomic E-state index is -3.68. The Balaban J connectivity index is 2.70. The number of hydrogen-bond acceptors (Lipinski definition) is 5. The standard InChI is InChI=1S/C12H8F4O5S/c1-22(18,19)21-5-3-2-4-20-12(17)9-10(15)7(13)6-8(14)11(9)16/h6H,4-5H2,1H3. The van der Waals surface area contributed by atoms with Crippen LogP contribution < -0.4 is 0 Å². The monoisotopic (exact) mass is 340 g/mol. The van der Waals surface area contributed by atoms with Crippen LogP contribution >= 0.6 is 0 Å². The topological polar surface area (TPSA) is 69.7 Å². The van der Waals surface area contributed by atoms with E-state index in [1.165, 1.54) is 0 Å². The predicted octanol–water partition coefficient (Wildman–Crippen LogP) is 1.38. The molecule has 1 aromatic carbocycles. The highest BCUT2D eigenvalue weighted by atomic mass is 32.2. The van der Waals surface area contributed by atoms with Gasteiger partial charge in [0.1, 0.15) is 12.2 Å². The summed E-state index contributed by atoms with van der Waals surface area (Å²) in [5, 5.41) is 0. The molecule has 0 aromatic heterocycles. The molecule has 1 rings (SSSR count). The first-order chi connectivity index (χ1) is 10.1. The van der Waals surface area contributed by atoms with Crippen LogP contribution in [0.15, 0.2) is 6.07 Å². The van der Waals surface area contributed by atoms with Crippen LogP contribution in [0.2, 0.25) is 0 Å². The number of carbonyl (C=O) groups is 1. The van der Waals surface area contributed by atoms with Crippen molar-refractivity contribution >= 4 is 16.1 Å². The summed E-state index contributed by atoms with van der Waals surface area (Å²) in [7, 11) is -3.68. The van der Waals surface area contributed by atoms with Crippen LogP contribution in [-0.2, 0) is 19.0 Å². The number of benzene rings is 1. The van der Waals surface area contributed by atoms with Gasteiger partial charge >= 0.3 is 5.97 Å². The van der Waals surface area contributed by atoms with Crippen LogP contribution in [0, 0.1) is 35.1 Å². The van der Waals surface area contributed by atoms with Gasteiger partial charge in [-0.15, -0.1) is 0 Å². The molecule has 0 aliphatic heterocycles. The number of ether oxygens (including phenoxy) is 1. The van der Waals surface area contributed by atoms with Crippen molar-refractivity contribution in [2.75, 3.05) is 19.5 Å². The van der Waals surface area contributed by atoms with Gasteiger partial charge in [-0.2, -0.15) is 8.42 Å². The first-order valence-corrected chi connectivity index (χ1v) is 7.25. The second-order valence-electron chi connectivity index (χ2n) is 3.74. The Kier molecular flexibility index (Phi) is 5.90. The highest BCUT2D eigenvalue weighted by Gasteiger charge is 2.25. The van der Waals surface area contributed by atoms with E-state index in [1.54, 1.807) is 0 Å². The molecule has 0 radical (unpaired) electrons. The maximum Gasteiger partial charge on any atom is 0.345 e. The fourth-order valence-corrected chi connectivity index (χ4v) is 1.44. The second-order valence-corrected chi connectivity index (χ2v) is 5.38. The van der Waals surface area contributed by atoms with Crippen molar-refractivity contribution in [1.82, 2.24) is 0 Å². The third-order valence-electron chi connectivity index (χ3n) is 2.06. The van der Waals surface area contributed by atoms with Gasteiger partial charge in [0, 0.05) is 6.07 Å². The smallest absolute Gasteiger partial charge is 0.345 e. The number of rotatable bonds is 4. The molecule has 0 saturated carbocycles. The van der Waals surface area contributed by atoms with Crippen LogP contribution in [0.1, 0.15) is 10.4 Å². The fourth-order valence-electron chi connectivity index (χ4n) is 1.16. The van der Waals surface area contributed by atoms with E-state index >= 15 is 0 Å². The van der Waals surface area contributed by atoms with Crippen molar-refractivity contribution in [1.29, 1.82) is 0 Å². The Morgan fingerprint density at radius 3 is 2.09 bits per heavy atom. The Morgan fingerprint density at radius 2 is 1.59 bits per heavy atom. The summed E-state index contributed by atoms with van der Waals surface area (Å²) in [4.78, 5) is 11.4. The van der Waals surface area contributed by atoms with Crippen molar-refractivity contribution in [2.45, 2.75) is 0 Å². The highest BCUT2D eigenvalue weighted by Crippen LogP contribution is 2.19. The molecule has 0 fully saturated rings. The maximum absolute atomic E-state index is 13.2. The molecule has 0 aliphatic carbocycles. The fraction of sp³-hybridized carbons (Fsp3) is 0.250. The highest BCUT2D eigenvalue weighted by molar-refractivity contribution is 7.86. The van der Waals surface area contributed by atoms with Gasteiger partial charge in [-0.1, -0.05) is 11.8 Å². The molecule has 0 atom stereocenters. The molecule has 0 saturated heterocycles. The molecule has 0 aliphatic rings. The van der Waals surface area contributed by atoms with Crippen molar-refractivity contribution < 1.29 is 39.7 Å². The summed E-state index contributed by atoms with van der Waals surface area (Å²) < 4.78 is 81.9. The van der Waals surface area contributed by atoms with E-state index in [0.717, 1.165) is 6.26 Å². The van der Waals surface area contributed by atoms with Crippen LogP contribution in [-0.4, -0.2) is 33.9 Å². The molecule has 0 N–H and O–H groups in total. The van der Waals surface area contributed by atoms with E-state index in [1.807, 2.05) is 0 Å². The molecule has 0 heterocycles.